The second-order valence-electron chi connectivity index (χ2n) is 20.9. The van der Waals surface area contributed by atoms with Gasteiger partial charge in [0.05, 0.1) is 0 Å². The minimum absolute atomic E-state index is 0.102. The lowest BCUT2D eigenvalue weighted by molar-refractivity contribution is -0.167. The first-order chi connectivity index (χ1) is 38.5. The SMILES string of the molecule is CC/C=C\C/C=C\C/C=C\C/C=C\C/C=C\C/C=C\C/C=C\CCCC(=O)OC(COC(=O)CCCCCCCCCC)COC(=O)CCCCCCCCCCCCCCCCCC/C=C\C/C=C\C/C=C\C/C=C\CC. The fraction of sp³-hybridized carbons (Fsp3) is 0.653. The van der Waals surface area contributed by atoms with Crippen molar-refractivity contribution in [2.45, 2.75) is 290 Å². The van der Waals surface area contributed by atoms with Crippen LogP contribution in [0.1, 0.15) is 284 Å². The predicted molar refractivity (Wildman–Crippen MR) is 339 cm³/mol. The molecule has 78 heavy (non-hydrogen) atoms. The first kappa shape index (κ1) is 73.5. The Hall–Kier alpha value is -4.45. The Morgan fingerprint density at radius 3 is 0.821 bits per heavy atom. The lowest BCUT2D eigenvalue weighted by Crippen LogP contribution is -2.30. The molecule has 0 aromatic carbocycles. The highest BCUT2D eigenvalue weighted by molar-refractivity contribution is 5.71. The highest BCUT2D eigenvalue weighted by Crippen LogP contribution is 2.16. The van der Waals surface area contributed by atoms with Gasteiger partial charge in [-0.25, -0.2) is 0 Å². The van der Waals surface area contributed by atoms with E-state index in [-0.39, 0.29) is 37.5 Å². The van der Waals surface area contributed by atoms with Crippen LogP contribution in [0, 0.1) is 0 Å². The van der Waals surface area contributed by atoms with Crippen LogP contribution in [-0.2, 0) is 28.6 Å². The fourth-order valence-corrected chi connectivity index (χ4v) is 8.66. The molecule has 0 N–H and O–H groups in total. The molecule has 6 heteroatoms. The first-order valence-corrected chi connectivity index (χ1v) is 32.2. The van der Waals surface area contributed by atoms with Crippen molar-refractivity contribution in [2.75, 3.05) is 13.2 Å². The van der Waals surface area contributed by atoms with E-state index in [4.69, 9.17) is 14.2 Å². The van der Waals surface area contributed by atoms with E-state index in [0.29, 0.717) is 19.3 Å². The van der Waals surface area contributed by atoms with E-state index >= 15 is 0 Å². The number of ether oxygens (including phenoxy) is 3. The highest BCUT2D eigenvalue weighted by atomic mass is 16.6. The van der Waals surface area contributed by atoms with E-state index < -0.39 is 6.10 Å². The van der Waals surface area contributed by atoms with Crippen LogP contribution in [0.4, 0.5) is 0 Å². The van der Waals surface area contributed by atoms with Gasteiger partial charge < -0.3 is 14.2 Å². The van der Waals surface area contributed by atoms with E-state index in [2.05, 4.69) is 154 Å². The van der Waals surface area contributed by atoms with Crippen molar-refractivity contribution in [3.8, 4) is 0 Å². The van der Waals surface area contributed by atoms with Gasteiger partial charge in [-0.15, -0.1) is 0 Å². The lowest BCUT2D eigenvalue weighted by atomic mass is 10.0. The molecule has 0 aliphatic heterocycles. The zero-order chi connectivity index (χ0) is 56.4. The zero-order valence-electron chi connectivity index (χ0n) is 50.6. The molecule has 0 radical (unpaired) electrons. The van der Waals surface area contributed by atoms with E-state index in [1.807, 2.05) is 0 Å². The molecule has 0 fully saturated rings. The van der Waals surface area contributed by atoms with Gasteiger partial charge in [0.15, 0.2) is 6.10 Å². The molecular weight excluding hydrogens is 961 g/mol. The van der Waals surface area contributed by atoms with Gasteiger partial charge in [-0.1, -0.05) is 289 Å². The summed E-state index contributed by atoms with van der Waals surface area (Å²) >= 11 is 0. The number of carbonyl (C=O) groups is 3. The molecule has 0 aliphatic rings. The molecule has 0 aromatic heterocycles. The van der Waals surface area contributed by atoms with Crippen LogP contribution in [0.25, 0.3) is 0 Å². The van der Waals surface area contributed by atoms with E-state index in [0.717, 1.165) is 116 Å². The number of hydrogen-bond acceptors (Lipinski definition) is 6. The summed E-state index contributed by atoms with van der Waals surface area (Å²) < 4.78 is 16.8. The maximum atomic E-state index is 12.8. The van der Waals surface area contributed by atoms with Crippen LogP contribution in [0.2, 0.25) is 0 Å². The molecule has 0 heterocycles. The van der Waals surface area contributed by atoms with Crippen LogP contribution < -0.4 is 0 Å². The van der Waals surface area contributed by atoms with Crippen molar-refractivity contribution in [3.63, 3.8) is 0 Å². The molecule has 0 bridgehead atoms. The lowest BCUT2D eigenvalue weighted by Gasteiger charge is -2.18. The summed E-state index contributed by atoms with van der Waals surface area (Å²) in [6.07, 6.45) is 92.0. The molecule has 0 aliphatic carbocycles. The van der Waals surface area contributed by atoms with Gasteiger partial charge in [-0.05, 0) is 109 Å². The Bertz CT molecular complexity index is 1670. The third kappa shape index (κ3) is 62.4. The average Bonchev–Trinajstić information content (AvgIpc) is 3.44. The quantitative estimate of drug-likeness (QED) is 0.0261. The standard InChI is InChI=1S/C72H118O6/c1-4-7-10-13-16-19-21-23-25-27-29-31-33-34-35-36-37-38-40-41-43-45-47-49-51-53-56-59-62-65-71(74)77-68-69(67-76-70(73)64-61-58-55-18-15-12-9-6-3)78-72(75)66-63-60-57-54-52-50-48-46-44-42-39-32-30-28-26-24-22-20-17-14-11-8-5-2/h7-8,10-11,16-17,19-20,23-26,29-32,42,44,48,50,54,57,69H,4-6,9,12-15,18,21-22,27-28,33-41,43,45-47,49,51-53,55-56,58-68H2,1-3H3/b10-7-,11-8-,19-16-,20-17-,25-23-,26-24-,31-29-,32-30-,44-42-,50-48-,57-54-. The van der Waals surface area contributed by atoms with Crippen molar-refractivity contribution in [1.82, 2.24) is 0 Å². The summed E-state index contributed by atoms with van der Waals surface area (Å²) in [4.78, 5) is 38.1. The van der Waals surface area contributed by atoms with E-state index in [1.165, 1.54) is 122 Å². The number of carbonyl (C=O) groups excluding carboxylic acids is 3. The number of rotatable bonds is 57. The number of hydrogen-bond donors (Lipinski definition) is 0. The predicted octanol–water partition coefficient (Wildman–Crippen LogP) is 22.2. The minimum Gasteiger partial charge on any atom is -0.462 e. The fourth-order valence-electron chi connectivity index (χ4n) is 8.66. The molecular formula is C72H118O6. The largest absolute Gasteiger partial charge is 0.462 e. The van der Waals surface area contributed by atoms with Gasteiger partial charge in [-0.2, -0.15) is 0 Å². The molecule has 442 valence electrons. The van der Waals surface area contributed by atoms with Crippen LogP contribution in [0.15, 0.2) is 134 Å². The molecule has 0 rings (SSSR count). The minimum atomic E-state index is -0.810. The molecule has 0 amide bonds. The Morgan fingerprint density at radius 1 is 0.269 bits per heavy atom. The van der Waals surface area contributed by atoms with E-state index in [1.54, 1.807) is 0 Å². The van der Waals surface area contributed by atoms with Gasteiger partial charge in [-0.3, -0.25) is 14.4 Å². The summed E-state index contributed by atoms with van der Waals surface area (Å²) in [5.41, 5.74) is 0. The summed E-state index contributed by atoms with van der Waals surface area (Å²) in [5, 5.41) is 0. The van der Waals surface area contributed by atoms with Gasteiger partial charge in [0.25, 0.3) is 0 Å². The first-order valence-electron chi connectivity index (χ1n) is 32.2. The maximum Gasteiger partial charge on any atom is 0.306 e. The maximum absolute atomic E-state index is 12.8. The van der Waals surface area contributed by atoms with Crippen molar-refractivity contribution < 1.29 is 28.6 Å². The smallest absolute Gasteiger partial charge is 0.306 e. The highest BCUT2D eigenvalue weighted by Gasteiger charge is 2.19. The third-order valence-corrected chi connectivity index (χ3v) is 13.4. The second-order valence-corrected chi connectivity index (χ2v) is 20.9. The molecule has 0 saturated heterocycles. The van der Waals surface area contributed by atoms with Crippen molar-refractivity contribution in [1.29, 1.82) is 0 Å². The molecule has 0 spiro atoms. The van der Waals surface area contributed by atoms with Gasteiger partial charge in [0.2, 0.25) is 0 Å². The van der Waals surface area contributed by atoms with E-state index in [9.17, 15) is 14.4 Å². The summed E-state index contributed by atoms with van der Waals surface area (Å²) in [7, 11) is 0. The molecule has 0 saturated carbocycles. The topological polar surface area (TPSA) is 78.9 Å². The summed E-state index contributed by atoms with van der Waals surface area (Å²) in [6, 6.07) is 0. The Balaban J connectivity index is 4.24. The van der Waals surface area contributed by atoms with Crippen molar-refractivity contribution in [2.24, 2.45) is 0 Å². The van der Waals surface area contributed by atoms with Crippen molar-refractivity contribution in [3.05, 3.63) is 134 Å². The van der Waals surface area contributed by atoms with Gasteiger partial charge >= 0.3 is 17.9 Å². The molecule has 6 nitrogen and oxygen atoms in total. The van der Waals surface area contributed by atoms with Crippen molar-refractivity contribution >= 4 is 17.9 Å². The second kappa shape index (κ2) is 65.1. The molecule has 1 atom stereocenters. The Morgan fingerprint density at radius 2 is 0.513 bits per heavy atom. The Kier molecular flexibility index (Phi) is 61.4. The van der Waals surface area contributed by atoms with Gasteiger partial charge in [0, 0.05) is 19.3 Å². The average molecular weight is 1080 g/mol. The number of esters is 3. The molecule has 0 aromatic rings. The van der Waals surface area contributed by atoms with Crippen LogP contribution in [-0.4, -0.2) is 37.2 Å². The van der Waals surface area contributed by atoms with Crippen LogP contribution in [0.5, 0.6) is 0 Å². The number of unbranched alkanes of at least 4 members (excludes halogenated alkanes) is 24. The Labute approximate surface area is 481 Å². The summed E-state index contributed by atoms with van der Waals surface area (Å²) in [5.74, 6) is -0.964. The molecule has 1 unspecified atom stereocenters. The number of allylic oxidation sites excluding steroid dienone is 22. The summed E-state index contributed by atoms with van der Waals surface area (Å²) in [6.45, 7) is 6.35. The normalized spacial score (nSPS) is 13.0. The zero-order valence-corrected chi connectivity index (χ0v) is 50.6. The van der Waals surface area contributed by atoms with Crippen LogP contribution >= 0.6 is 0 Å². The monoisotopic (exact) mass is 1080 g/mol. The third-order valence-electron chi connectivity index (χ3n) is 13.4. The van der Waals surface area contributed by atoms with Crippen LogP contribution in [0.3, 0.4) is 0 Å². The van der Waals surface area contributed by atoms with Gasteiger partial charge in [0.1, 0.15) is 13.2 Å².